The van der Waals surface area contributed by atoms with E-state index in [0.717, 1.165) is 55.6 Å². The van der Waals surface area contributed by atoms with Gasteiger partial charge in [0.15, 0.2) is 0 Å². The van der Waals surface area contributed by atoms with E-state index in [9.17, 15) is 0 Å². The maximum absolute atomic E-state index is 6.64. The van der Waals surface area contributed by atoms with Crippen molar-refractivity contribution in [2.24, 2.45) is 0 Å². The van der Waals surface area contributed by atoms with Crippen LogP contribution >= 0.6 is 0 Å². The third-order valence-electron chi connectivity index (χ3n) is 10.7. The molecule has 0 aliphatic carbocycles. The Bertz CT molecular complexity index is 3130. The molecule has 0 N–H and O–H groups in total. The highest BCUT2D eigenvalue weighted by molar-refractivity contribution is 6.19. The third kappa shape index (κ3) is 4.68. The van der Waals surface area contributed by atoms with Crippen molar-refractivity contribution in [1.29, 1.82) is 0 Å². The number of fused-ring (bicyclic) bond motifs is 9. The predicted octanol–water partition coefficient (Wildman–Crippen LogP) is 14.1. The summed E-state index contributed by atoms with van der Waals surface area (Å²) in [7, 11) is 0. The average molecular weight is 677 g/mol. The average Bonchev–Trinajstić information content (AvgIpc) is 3.78. The van der Waals surface area contributed by atoms with Crippen LogP contribution in [0.2, 0.25) is 0 Å². The van der Waals surface area contributed by atoms with Crippen molar-refractivity contribution in [3.05, 3.63) is 194 Å². The fourth-order valence-corrected chi connectivity index (χ4v) is 8.29. The van der Waals surface area contributed by atoms with Gasteiger partial charge >= 0.3 is 0 Å². The highest BCUT2D eigenvalue weighted by atomic mass is 16.3. The van der Waals surface area contributed by atoms with Crippen molar-refractivity contribution in [1.82, 2.24) is 4.57 Å². The van der Waals surface area contributed by atoms with E-state index in [0.29, 0.717) is 0 Å². The summed E-state index contributed by atoms with van der Waals surface area (Å²) in [6, 6.07) is 69.7. The summed E-state index contributed by atoms with van der Waals surface area (Å²) >= 11 is 0. The van der Waals surface area contributed by atoms with Crippen molar-refractivity contribution in [2.45, 2.75) is 0 Å². The Hall–Kier alpha value is -7.10. The van der Waals surface area contributed by atoms with Gasteiger partial charge in [-0.15, -0.1) is 0 Å². The minimum absolute atomic E-state index is 0.873. The van der Waals surface area contributed by atoms with E-state index in [2.05, 4.69) is 204 Å². The number of anilines is 3. The molecule has 3 heteroatoms. The summed E-state index contributed by atoms with van der Waals surface area (Å²) in [4.78, 5) is 2.37. The van der Waals surface area contributed by atoms with E-state index in [-0.39, 0.29) is 0 Å². The lowest BCUT2D eigenvalue weighted by atomic mass is 10.0. The number of benzene rings is 9. The highest BCUT2D eigenvalue weighted by Crippen LogP contribution is 2.45. The molecule has 9 aromatic carbocycles. The Morgan fingerprint density at radius 1 is 0.396 bits per heavy atom. The van der Waals surface area contributed by atoms with Crippen LogP contribution in [0.25, 0.3) is 82.1 Å². The van der Waals surface area contributed by atoms with Crippen molar-refractivity contribution in [3.63, 3.8) is 0 Å². The van der Waals surface area contributed by atoms with Gasteiger partial charge in [-0.05, 0) is 94.0 Å². The SMILES string of the molecule is c1cc(-c2ccc(N(c3ccc4ccccc4c3)c3cccc4oc5c6ccccc6ccc5c34)cc2)cc(-n2c3ccccc3c3ccccc32)c1. The Labute approximate surface area is 306 Å². The van der Waals surface area contributed by atoms with E-state index >= 15 is 0 Å². The molecule has 0 aliphatic heterocycles. The Balaban J connectivity index is 1.07. The van der Waals surface area contributed by atoms with E-state index < -0.39 is 0 Å². The summed E-state index contributed by atoms with van der Waals surface area (Å²) in [5.41, 5.74) is 10.9. The van der Waals surface area contributed by atoms with E-state index in [1.165, 1.54) is 43.5 Å². The lowest BCUT2D eigenvalue weighted by Gasteiger charge is -2.27. The quantitative estimate of drug-likeness (QED) is 0.181. The van der Waals surface area contributed by atoms with Crippen molar-refractivity contribution < 1.29 is 4.42 Å². The summed E-state index contributed by atoms with van der Waals surface area (Å²) in [6.07, 6.45) is 0. The molecule has 53 heavy (non-hydrogen) atoms. The van der Waals surface area contributed by atoms with Crippen LogP contribution in [0, 0.1) is 0 Å². The van der Waals surface area contributed by atoms with E-state index in [1.807, 2.05) is 0 Å². The number of hydrogen-bond donors (Lipinski definition) is 0. The standard InChI is InChI=1S/C50H32N2O/c1-2-13-36-32-40(29-25-33(36)11-1)51(47-21-10-22-48-49(47)44-30-26-35-12-3-4-16-41(35)50(44)53-48)38-27-23-34(24-28-38)37-14-9-15-39(31-37)52-45-19-7-5-17-42(45)43-18-6-8-20-46(43)52/h1-32H. The van der Waals surface area contributed by atoms with Gasteiger partial charge in [-0.2, -0.15) is 0 Å². The summed E-state index contributed by atoms with van der Waals surface area (Å²) in [5, 5.41) is 9.45. The molecule has 0 spiro atoms. The number of aromatic nitrogens is 1. The largest absolute Gasteiger partial charge is 0.455 e. The van der Waals surface area contributed by atoms with Gasteiger partial charge in [0.1, 0.15) is 11.2 Å². The second-order valence-corrected chi connectivity index (χ2v) is 13.7. The molecule has 0 amide bonds. The molecule has 2 aromatic heterocycles. The topological polar surface area (TPSA) is 21.3 Å². The monoisotopic (exact) mass is 676 g/mol. The van der Waals surface area contributed by atoms with E-state index in [1.54, 1.807) is 0 Å². The predicted molar refractivity (Wildman–Crippen MR) is 223 cm³/mol. The van der Waals surface area contributed by atoms with Crippen molar-refractivity contribution in [3.8, 4) is 16.8 Å². The van der Waals surface area contributed by atoms with Crippen molar-refractivity contribution >= 4 is 82.4 Å². The van der Waals surface area contributed by atoms with Gasteiger partial charge in [0.2, 0.25) is 0 Å². The van der Waals surface area contributed by atoms with E-state index in [4.69, 9.17) is 4.42 Å². The van der Waals surface area contributed by atoms with Crippen LogP contribution in [0.3, 0.4) is 0 Å². The van der Waals surface area contributed by atoms with Crippen LogP contribution in [0.4, 0.5) is 17.1 Å². The molecule has 0 atom stereocenters. The second-order valence-electron chi connectivity index (χ2n) is 13.7. The maximum atomic E-state index is 6.64. The lowest BCUT2D eigenvalue weighted by molar-refractivity contribution is 0.672. The number of hydrogen-bond acceptors (Lipinski definition) is 2. The molecule has 0 bridgehead atoms. The second kappa shape index (κ2) is 11.7. The Morgan fingerprint density at radius 2 is 1.04 bits per heavy atom. The first-order valence-electron chi connectivity index (χ1n) is 18.1. The third-order valence-corrected chi connectivity index (χ3v) is 10.7. The van der Waals surface area contributed by atoms with Crippen LogP contribution in [0.5, 0.6) is 0 Å². The van der Waals surface area contributed by atoms with Crippen LogP contribution in [-0.4, -0.2) is 4.57 Å². The molecule has 2 heterocycles. The first-order valence-corrected chi connectivity index (χ1v) is 18.1. The molecular formula is C50H32N2O. The number of furan rings is 1. The van der Waals surface area contributed by atoms with Gasteiger partial charge < -0.3 is 13.9 Å². The Morgan fingerprint density at radius 3 is 1.83 bits per heavy atom. The zero-order valence-electron chi connectivity index (χ0n) is 28.8. The van der Waals surface area contributed by atoms with Crippen molar-refractivity contribution in [2.75, 3.05) is 4.90 Å². The lowest BCUT2D eigenvalue weighted by Crippen LogP contribution is -2.10. The fraction of sp³-hybridized carbons (Fsp3) is 0. The Kier molecular flexibility index (Phi) is 6.55. The van der Waals surface area contributed by atoms with Gasteiger partial charge in [-0.25, -0.2) is 0 Å². The molecule has 0 fully saturated rings. The van der Waals surface area contributed by atoms with Crippen LogP contribution in [0.1, 0.15) is 0 Å². The first kappa shape index (κ1) is 29.6. The van der Waals surface area contributed by atoms with Gasteiger partial charge in [0.05, 0.1) is 22.1 Å². The molecule has 3 nitrogen and oxygen atoms in total. The summed E-state index contributed by atoms with van der Waals surface area (Å²) < 4.78 is 9.02. The number of para-hydroxylation sites is 2. The van der Waals surface area contributed by atoms with Gasteiger partial charge in [0.25, 0.3) is 0 Å². The van der Waals surface area contributed by atoms with Crippen LogP contribution in [-0.2, 0) is 0 Å². The van der Waals surface area contributed by atoms with Crippen LogP contribution in [0.15, 0.2) is 199 Å². The highest BCUT2D eigenvalue weighted by Gasteiger charge is 2.21. The summed E-state index contributed by atoms with van der Waals surface area (Å²) in [5.74, 6) is 0. The molecular weight excluding hydrogens is 645 g/mol. The molecule has 0 radical (unpaired) electrons. The molecule has 11 rings (SSSR count). The minimum atomic E-state index is 0.873. The molecule has 0 unspecified atom stereocenters. The van der Waals surface area contributed by atoms with Crippen LogP contribution < -0.4 is 4.90 Å². The zero-order chi connectivity index (χ0) is 34.9. The van der Waals surface area contributed by atoms with Gasteiger partial charge in [0, 0.05) is 38.6 Å². The number of rotatable bonds is 5. The fourth-order valence-electron chi connectivity index (χ4n) is 8.29. The normalized spacial score (nSPS) is 11.8. The van der Waals surface area contributed by atoms with Gasteiger partial charge in [-0.1, -0.05) is 127 Å². The molecule has 0 saturated carbocycles. The summed E-state index contributed by atoms with van der Waals surface area (Å²) in [6.45, 7) is 0. The zero-order valence-corrected chi connectivity index (χ0v) is 28.8. The maximum Gasteiger partial charge on any atom is 0.143 e. The first-order chi connectivity index (χ1) is 26.3. The molecule has 0 saturated heterocycles. The molecule has 0 aliphatic rings. The van der Waals surface area contributed by atoms with Gasteiger partial charge in [-0.3, -0.25) is 0 Å². The minimum Gasteiger partial charge on any atom is -0.455 e. The smallest absolute Gasteiger partial charge is 0.143 e. The number of nitrogens with zero attached hydrogens (tertiary/aromatic N) is 2. The molecule has 11 aromatic rings. The molecule has 248 valence electrons.